The second kappa shape index (κ2) is 6.53. The van der Waals surface area contributed by atoms with Gasteiger partial charge in [0.15, 0.2) is 0 Å². The third kappa shape index (κ3) is 3.23. The molecule has 1 saturated heterocycles. The molecule has 0 aromatic heterocycles. The number of piperidine rings is 1. The van der Waals surface area contributed by atoms with E-state index in [-0.39, 0.29) is 6.04 Å². The van der Waals surface area contributed by atoms with Crippen LogP contribution in [0.3, 0.4) is 0 Å². The SMILES string of the molecule is CNC1CCCN(CCN(C)C2CCCC2)C1=O. The van der Waals surface area contributed by atoms with Gasteiger partial charge in [0, 0.05) is 25.7 Å². The zero-order valence-electron chi connectivity index (χ0n) is 11.8. The van der Waals surface area contributed by atoms with Gasteiger partial charge in [0.2, 0.25) is 5.91 Å². The monoisotopic (exact) mass is 253 g/mol. The van der Waals surface area contributed by atoms with Crippen LogP contribution in [0.1, 0.15) is 38.5 Å². The first-order valence-electron chi connectivity index (χ1n) is 7.38. The molecule has 1 N–H and O–H groups in total. The van der Waals surface area contributed by atoms with Crippen molar-refractivity contribution >= 4 is 5.91 Å². The molecule has 1 amide bonds. The second-order valence-electron chi connectivity index (χ2n) is 5.73. The molecular weight excluding hydrogens is 226 g/mol. The van der Waals surface area contributed by atoms with Crippen molar-refractivity contribution in [1.29, 1.82) is 0 Å². The topological polar surface area (TPSA) is 35.6 Å². The predicted molar refractivity (Wildman–Crippen MR) is 73.5 cm³/mol. The van der Waals surface area contributed by atoms with E-state index in [1.54, 1.807) is 0 Å². The van der Waals surface area contributed by atoms with Crippen molar-refractivity contribution in [1.82, 2.24) is 15.1 Å². The van der Waals surface area contributed by atoms with Gasteiger partial charge in [-0.05, 0) is 39.8 Å². The van der Waals surface area contributed by atoms with E-state index >= 15 is 0 Å². The molecule has 1 saturated carbocycles. The maximum atomic E-state index is 12.1. The maximum absolute atomic E-state index is 12.1. The molecule has 0 bridgehead atoms. The van der Waals surface area contributed by atoms with Crippen molar-refractivity contribution in [2.75, 3.05) is 33.7 Å². The molecule has 4 heteroatoms. The smallest absolute Gasteiger partial charge is 0.239 e. The minimum absolute atomic E-state index is 0.0514. The lowest BCUT2D eigenvalue weighted by Gasteiger charge is -2.34. The summed E-state index contributed by atoms with van der Waals surface area (Å²) in [6.07, 6.45) is 7.54. The highest BCUT2D eigenvalue weighted by molar-refractivity contribution is 5.82. The van der Waals surface area contributed by atoms with Crippen LogP contribution in [0.4, 0.5) is 0 Å². The van der Waals surface area contributed by atoms with E-state index in [2.05, 4.69) is 17.3 Å². The Bertz CT molecular complexity index is 276. The summed E-state index contributed by atoms with van der Waals surface area (Å²) in [6, 6.07) is 0.806. The summed E-state index contributed by atoms with van der Waals surface area (Å²) in [5, 5.41) is 3.12. The van der Waals surface area contributed by atoms with Crippen molar-refractivity contribution in [3.8, 4) is 0 Å². The fraction of sp³-hybridized carbons (Fsp3) is 0.929. The molecule has 1 atom stereocenters. The summed E-state index contributed by atoms with van der Waals surface area (Å²) in [7, 11) is 4.09. The fourth-order valence-electron chi connectivity index (χ4n) is 3.24. The number of likely N-dealkylation sites (tertiary alicyclic amines) is 1. The van der Waals surface area contributed by atoms with Crippen molar-refractivity contribution < 1.29 is 4.79 Å². The van der Waals surface area contributed by atoms with Gasteiger partial charge in [-0.3, -0.25) is 4.79 Å². The predicted octanol–water partition coefficient (Wildman–Crippen LogP) is 1.07. The summed E-state index contributed by atoms with van der Waals surface area (Å²) < 4.78 is 0. The lowest BCUT2D eigenvalue weighted by Crippen LogP contribution is -2.51. The molecule has 2 fully saturated rings. The van der Waals surface area contributed by atoms with Crippen LogP contribution >= 0.6 is 0 Å². The molecule has 1 aliphatic heterocycles. The standard InChI is InChI=1S/C14H27N3O/c1-15-13-8-5-9-17(14(13)18)11-10-16(2)12-6-3-4-7-12/h12-13,15H,3-11H2,1-2H3. The Morgan fingerprint density at radius 1 is 1.28 bits per heavy atom. The van der Waals surface area contributed by atoms with Gasteiger partial charge < -0.3 is 15.1 Å². The summed E-state index contributed by atoms with van der Waals surface area (Å²) in [6.45, 7) is 2.85. The molecule has 1 aliphatic carbocycles. The Morgan fingerprint density at radius 3 is 2.67 bits per heavy atom. The quantitative estimate of drug-likeness (QED) is 0.796. The Kier molecular flexibility index (Phi) is 5.01. The van der Waals surface area contributed by atoms with Crippen LogP contribution in [-0.4, -0.2) is 61.5 Å². The van der Waals surface area contributed by atoms with Crippen LogP contribution in [0.25, 0.3) is 0 Å². The zero-order chi connectivity index (χ0) is 13.0. The molecule has 4 nitrogen and oxygen atoms in total. The van der Waals surface area contributed by atoms with Crippen molar-refractivity contribution in [2.24, 2.45) is 0 Å². The van der Waals surface area contributed by atoms with Gasteiger partial charge in [0.1, 0.15) is 0 Å². The number of carbonyl (C=O) groups is 1. The Balaban J connectivity index is 1.76. The summed E-state index contributed by atoms with van der Waals surface area (Å²) >= 11 is 0. The molecule has 0 aromatic carbocycles. The van der Waals surface area contributed by atoms with E-state index in [4.69, 9.17) is 0 Å². The fourth-order valence-corrected chi connectivity index (χ4v) is 3.24. The molecule has 0 radical (unpaired) electrons. The average molecular weight is 253 g/mol. The lowest BCUT2D eigenvalue weighted by atomic mass is 10.1. The molecule has 1 unspecified atom stereocenters. The summed E-state index contributed by atoms with van der Waals surface area (Å²) in [4.78, 5) is 16.6. The Labute approximate surface area is 111 Å². The highest BCUT2D eigenvalue weighted by Crippen LogP contribution is 2.22. The molecule has 2 rings (SSSR count). The molecule has 18 heavy (non-hydrogen) atoms. The molecule has 0 aromatic rings. The number of nitrogens with one attached hydrogen (secondary N) is 1. The van der Waals surface area contributed by atoms with E-state index in [9.17, 15) is 4.79 Å². The minimum Gasteiger partial charge on any atom is -0.340 e. The third-order valence-corrected chi connectivity index (χ3v) is 4.55. The first-order chi connectivity index (χ1) is 8.72. The van der Waals surface area contributed by atoms with Gasteiger partial charge in [0.25, 0.3) is 0 Å². The number of hydrogen-bond donors (Lipinski definition) is 1. The molecule has 1 heterocycles. The Hall–Kier alpha value is -0.610. The summed E-state index contributed by atoms with van der Waals surface area (Å²) in [5.41, 5.74) is 0. The van der Waals surface area contributed by atoms with Crippen LogP contribution in [-0.2, 0) is 4.79 Å². The van der Waals surface area contributed by atoms with Gasteiger partial charge in [-0.15, -0.1) is 0 Å². The molecule has 104 valence electrons. The zero-order valence-corrected chi connectivity index (χ0v) is 11.8. The molecule has 2 aliphatic rings. The lowest BCUT2D eigenvalue weighted by molar-refractivity contribution is -0.136. The van der Waals surface area contributed by atoms with Crippen molar-refractivity contribution in [2.45, 2.75) is 50.6 Å². The largest absolute Gasteiger partial charge is 0.340 e. The van der Waals surface area contributed by atoms with E-state index in [0.29, 0.717) is 5.91 Å². The van der Waals surface area contributed by atoms with E-state index in [1.807, 2.05) is 11.9 Å². The second-order valence-corrected chi connectivity index (χ2v) is 5.73. The number of carbonyl (C=O) groups excluding carboxylic acids is 1. The molecular formula is C14H27N3O. The highest BCUT2D eigenvalue weighted by Gasteiger charge is 2.27. The Morgan fingerprint density at radius 2 is 2.00 bits per heavy atom. The highest BCUT2D eigenvalue weighted by atomic mass is 16.2. The van der Waals surface area contributed by atoms with Gasteiger partial charge in [-0.2, -0.15) is 0 Å². The van der Waals surface area contributed by atoms with E-state index in [1.165, 1.54) is 25.7 Å². The number of nitrogens with zero attached hydrogens (tertiary/aromatic N) is 2. The van der Waals surface area contributed by atoms with Gasteiger partial charge in [-0.1, -0.05) is 12.8 Å². The van der Waals surface area contributed by atoms with Crippen LogP contribution in [0, 0.1) is 0 Å². The first-order valence-corrected chi connectivity index (χ1v) is 7.38. The number of amides is 1. The van der Waals surface area contributed by atoms with E-state index in [0.717, 1.165) is 38.5 Å². The summed E-state index contributed by atoms with van der Waals surface area (Å²) in [5.74, 6) is 0.295. The maximum Gasteiger partial charge on any atom is 0.239 e. The van der Waals surface area contributed by atoms with E-state index < -0.39 is 0 Å². The van der Waals surface area contributed by atoms with Gasteiger partial charge in [-0.25, -0.2) is 0 Å². The number of rotatable bonds is 5. The van der Waals surface area contributed by atoms with Crippen LogP contribution in [0.15, 0.2) is 0 Å². The normalized spacial score (nSPS) is 26.3. The average Bonchev–Trinajstić information content (AvgIpc) is 2.91. The minimum atomic E-state index is 0.0514. The van der Waals surface area contributed by atoms with Crippen LogP contribution in [0.2, 0.25) is 0 Å². The number of hydrogen-bond acceptors (Lipinski definition) is 3. The number of likely N-dealkylation sites (N-methyl/N-ethyl adjacent to an activating group) is 2. The van der Waals surface area contributed by atoms with Gasteiger partial charge >= 0.3 is 0 Å². The van der Waals surface area contributed by atoms with Crippen molar-refractivity contribution in [3.05, 3.63) is 0 Å². The van der Waals surface area contributed by atoms with Gasteiger partial charge in [0.05, 0.1) is 6.04 Å². The van der Waals surface area contributed by atoms with Crippen LogP contribution < -0.4 is 5.32 Å². The first kappa shape index (κ1) is 13.8. The molecule has 0 spiro atoms. The van der Waals surface area contributed by atoms with Crippen LogP contribution in [0.5, 0.6) is 0 Å². The van der Waals surface area contributed by atoms with Crippen molar-refractivity contribution in [3.63, 3.8) is 0 Å². The third-order valence-electron chi connectivity index (χ3n) is 4.55.